The maximum atomic E-state index is 11.9. The first-order valence-electron chi connectivity index (χ1n) is 7.74. The molecule has 0 aliphatic carbocycles. The van der Waals surface area contributed by atoms with Gasteiger partial charge in [-0.1, -0.05) is 30.3 Å². The van der Waals surface area contributed by atoms with Crippen molar-refractivity contribution in [3.05, 3.63) is 35.9 Å². The number of nitrogens with one attached hydrogen (secondary N) is 1. The first kappa shape index (κ1) is 16.5. The standard InChI is InChI=1S/C17H24N2O3/c1-14(20)17(22-16(21)18-2)9-12-19(13-10-17)11-8-15-6-4-3-5-7-15/h3-7H,8-13H2,1-2H3,(H,18,21). The lowest BCUT2D eigenvalue weighted by atomic mass is 9.87. The highest BCUT2D eigenvalue weighted by molar-refractivity contribution is 5.87. The third-order valence-corrected chi connectivity index (χ3v) is 4.36. The Morgan fingerprint density at radius 2 is 1.86 bits per heavy atom. The summed E-state index contributed by atoms with van der Waals surface area (Å²) in [5.74, 6) is -0.0705. The number of ketones is 1. The van der Waals surface area contributed by atoms with Crippen LogP contribution in [0.5, 0.6) is 0 Å². The van der Waals surface area contributed by atoms with Gasteiger partial charge in [-0.25, -0.2) is 4.79 Å². The van der Waals surface area contributed by atoms with Gasteiger partial charge < -0.3 is 15.0 Å². The molecule has 5 heteroatoms. The van der Waals surface area contributed by atoms with E-state index in [2.05, 4.69) is 22.3 Å². The predicted molar refractivity (Wildman–Crippen MR) is 84.8 cm³/mol. The van der Waals surface area contributed by atoms with Crippen molar-refractivity contribution in [2.24, 2.45) is 0 Å². The van der Waals surface area contributed by atoms with Gasteiger partial charge in [-0.2, -0.15) is 0 Å². The minimum Gasteiger partial charge on any atom is -0.435 e. The molecule has 0 radical (unpaired) electrons. The second-order valence-electron chi connectivity index (χ2n) is 5.77. The van der Waals surface area contributed by atoms with E-state index in [0.717, 1.165) is 26.1 Å². The van der Waals surface area contributed by atoms with E-state index < -0.39 is 11.7 Å². The molecule has 0 bridgehead atoms. The number of rotatable bonds is 5. The molecule has 1 N–H and O–H groups in total. The zero-order valence-electron chi connectivity index (χ0n) is 13.3. The number of nitrogens with zero attached hydrogens (tertiary/aromatic N) is 1. The highest BCUT2D eigenvalue weighted by Gasteiger charge is 2.42. The van der Waals surface area contributed by atoms with Gasteiger partial charge in [0.2, 0.25) is 0 Å². The normalized spacial score (nSPS) is 17.7. The number of carbonyl (C=O) groups is 2. The van der Waals surface area contributed by atoms with Gasteiger partial charge in [-0.05, 0) is 18.9 Å². The third-order valence-electron chi connectivity index (χ3n) is 4.36. The molecule has 0 unspecified atom stereocenters. The summed E-state index contributed by atoms with van der Waals surface area (Å²) in [4.78, 5) is 25.7. The summed E-state index contributed by atoms with van der Waals surface area (Å²) in [5, 5.41) is 2.42. The Hall–Kier alpha value is -1.88. The smallest absolute Gasteiger partial charge is 0.407 e. The number of piperidine rings is 1. The Kier molecular flexibility index (Phi) is 5.55. The number of likely N-dealkylation sites (tertiary alicyclic amines) is 1. The van der Waals surface area contributed by atoms with Crippen LogP contribution in [0.4, 0.5) is 4.79 Å². The van der Waals surface area contributed by atoms with Crippen molar-refractivity contribution in [3.63, 3.8) is 0 Å². The number of Topliss-reactive ketones (excluding diaryl/α,β-unsaturated/α-hetero) is 1. The summed E-state index contributed by atoms with van der Waals surface area (Å²) in [7, 11) is 1.51. The Bertz CT molecular complexity index is 508. The van der Waals surface area contributed by atoms with Gasteiger partial charge in [0.25, 0.3) is 0 Å². The highest BCUT2D eigenvalue weighted by Crippen LogP contribution is 2.28. The van der Waals surface area contributed by atoms with Crippen LogP contribution in [0.25, 0.3) is 0 Å². The molecule has 5 nitrogen and oxygen atoms in total. The number of alkyl carbamates (subject to hydrolysis) is 1. The van der Waals surface area contributed by atoms with E-state index in [1.54, 1.807) is 0 Å². The van der Waals surface area contributed by atoms with Crippen LogP contribution < -0.4 is 5.32 Å². The van der Waals surface area contributed by atoms with Crippen LogP contribution in [0.15, 0.2) is 30.3 Å². The van der Waals surface area contributed by atoms with Crippen molar-refractivity contribution in [1.29, 1.82) is 0 Å². The molecule has 1 amide bonds. The van der Waals surface area contributed by atoms with Crippen molar-refractivity contribution < 1.29 is 14.3 Å². The fourth-order valence-corrected chi connectivity index (χ4v) is 2.82. The molecule has 1 heterocycles. The number of carbonyl (C=O) groups excluding carboxylic acids is 2. The van der Waals surface area contributed by atoms with Gasteiger partial charge in [0, 0.05) is 39.5 Å². The molecule has 120 valence electrons. The van der Waals surface area contributed by atoms with Crippen LogP contribution in [0.1, 0.15) is 25.3 Å². The summed E-state index contributed by atoms with van der Waals surface area (Å²) in [5.41, 5.74) is 0.357. The molecular weight excluding hydrogens is 280 g/mol. The predicted octanol–water partition coefficient (Wildman–Crippen LogP) is 2.01. The van der Waals surface area contributed by atoms with Gasteiger partial charge in [0.1, 0.15) is 0 Å². The van der Waals surface area contributed by atoms with Crippen LogP contribution in [-0.4, -0.2) is 49.1 Å². The van der Waals surface area contributed by atoms with Crippen molar-refractivity contribution in [3.8, 4) is 0 Å². The van der Waals surface area contributed by atoms with E-state index in [1.807, 2.05) is 18.2 Å². The van der Waals surface area contributed by atoms with Gasteiger partial charge in [0.15, 0.2) is 11.4 Å². The van der Waals surface area contributed by atoms with E-state index in [1.165, 1.54) is 19.5 Å². The first-order valence-corrected chi connectivity index (χ1v) is 7.74. The average molecular weight is 304 g/mol. The summed E-state index contributed by atoms with van der Waals surface area (Å²) in [6.07, 6.45) is 1.58. The van der Waals surface area contributed by atoms with E-state index in [-0.39, 0.29) is 5.78 Å². The summed E-state index contributed by atoms with van der Waals surface area (Å²) >= 11 is 0. The quantitative estimate of drug-likeness (QED) is 0.904. The lowest BCUT2D eigenvalue weighted by Gasteiger charge is -2.39. The fourth-order valence-electron chi connectivity index (χ4n) is 2.82. The van der Waals surface area contributed by atoms with Crippen molar-refractivity contribution in [2.75, 3.05) is 26.7 Å². The Morgan fingerprint density at radius 1 is 1.23 bits per heavy atom. The third kappa shape index (κ3) is 4.07. The van der Waals surface area contributed by atoms with Crippen LogP contribution in [0.3, 0.4) is 0 Å². The summed E-state index contributed by atoms with van der Waals surface area (Å²) in [6, 6.07) is 10.4. The monoisotopic (exact) mass is 304 g/mol. The van der Waals surface area contributed by atoms with E-state index >= 15 is 0 Å². The molecule has 0 aromatic heterocycles. The Labute approximate surface area is 131 Å². The zero-order valence-corrected chi connectivity index (χ0v) is 13.3. The van der Waals surface area contributed by atoms with Crippen LogP contribution in [0, 0.1) is 0 Å². The van der Waals surface area contributed by atoms with Crippen molar-refractivity contribution >= 4 is 11.9 Å². The summed E-state index contributed by atoms with van der Waals surface area (Å²) < 4.78 is 5.37. The number of hydrogen-bond donors (Lipinski definition) is 1. The Balaban J connectivity index is 1.87. The van der Waals surface area contributed by atoms with E-state index in [4.69, 9.17) is 4.74 Å². The average Bonchev–Trinajstić information content (AvgIpc) is 2.55. The molecule has 1 aromatic rings. The topological polar surface area (TPSA) is 58.6 Å². The van der Waals surface area contributed by atoms with Crippen LogP contribution in [0.2, 0.25) is 0 Å². The molecule has 0 atom stereocenters. The molecule has 2 rings (SSSR count). The second-order valence-corrected chi connectivity index (χ2v) is 5.77. The van der Waals surface area contributed by atoms with Crippen molar-refractivity contribution in [2.45, 2.75) is 31.8 Å². The molecule has 1 aliphatic rings. The van der Waals surface area contributed by atoms with Gasteiger partial charge >= 0.3 is 6.09 Å². The molecule has 1 fully saturated rings. The molecular formula is C17H24N2O3. The number of benzene rings is 1. The molecule has 0 saturated carbocycles. The number of ether oxygens (including phenoxy) is 1. The minimum absolute atomic E-state index is 0.0705. The number of amides is 1. The lowest BCUT2D eigenvalue weighted by molar-refractivity contribution is -0.140. The number of hydrogen-bond acceptors (Lipinski definition) is 4. The molecule has 1 saturated heterocycles. The zero-order chi connectivity index (χ0) is 16.0. The first-order chi connectivity index (χ1) is 10.6. The summed E-state index contributed by atoms with van der Waals surface area (Å²) in [6.45, 7) is 3.99. The molecule has 1 aromatic carbocycles. The SMILES string of the molecule is CNC(=O)OC1(C(C)=O)CCN(CCc2ccccc2)CC1. The van der Waals surface area contributed by atoms with Crippen molar-refractivity contribution in [1.82, 2.24) is 10.2 Å². The maximum Gasteiger partial charge on any atom is 0.407 e. The maximum absolute atomic E-state index is 11.9. The second kappa shape index (κ2) is 7.40. The van der Waals surface area contributed by atoms with Crippen LogP contribution >= 0.6 is 0 Å². The molecule has 0 spiro atoms. The lowest BCUT2D eigenvalue weighted by Crippen LogP contribution is -2.52. The van der Waals surface area contributed by atoms with Gasteiger partial charge in [-0.15, -0.1) is 0 Å². The Morgan fingerprint density at radius 3 is 2.41 bits per heavy atom. The van der Waals surface area contributed by atoms with Crippen LogP contribution in [-0.2, 0) is 16.0 Å². The van der Waals surface area contributed by atoms with Gasteiger partial charge in [0.05, 0.1) is 0 Å². The molecule has 1 aliphatic heterocycles. The van der Waals surface area contributed by atoms with Gasteiger partial charge in [-0.3, -0.25) is 4.79 Å². The molecule has 22 heavy (non-hydrogen) atoms. The highest BCUT2D eigenvalue weighted by atomic mass is 16.6. The van der Waals surface area contributed by atoms with E-state index in [0.29, 0.717) is 12.8 Å². The minimum atomic E-state index is -0.955. The van der Waals surface area contributed by atoms with E-state index in [9.17, 15) is 9.59 Å². The largest absolute Gasteiger partial charge is 0.435 e. The fraction of sp³-hybridized carbons (Fsp3) is 0.529.